The Morgan fingerprint density at radius 1 is 1.59 bits per heavy atom. The van der Waals surface area contributed by atoms with Crippen LogP contribution in [0, 0.1) is 0 Å². The number of carboxylic acids is 1. The van der Waals surface area contributed by atoms with E-state index in [-0.39, 0.29) is 5.56 Å². The number of nitrogens with zero attached hydrogens (tertiary/aromatic N) is 3. The third-order valence-corrected chi connectivity index (χ3v) is 2.24. The van der Waals surface area contributed by atoms with Crippen molar-refractivity contribution in [3.63, 3.8) is 0 Å². The summed E-state index contributed by atoms with van der Waals surface area (Å²) in [5.41, 5.74) is 0.979. The lowest BCUT2D eigenvalue weighted by molar-refractivity contribution is 0.0697. The highest BCUT2D eigenvalue weighted by Gasteiger charge is 2.05. The van der Waals surface area contributed by atoms with Crippen LogP contribution in [-0.2, 0) is 6.54 Å². The summed E-state index contributed by atoms with van der Waals surface area (Å²) in [6.07, 6.45) is 4.95. The fraction of sp³-hybridized carbons (Fsp3) is 0.182. The smallest absolute Gasteiger partial charge is 0.335 e. The fourth-order valence-corrected chi connectivity index (χ4v) is 1.38. The normalized spacial score (nSPS) is 10.2. The van der Waals surface area contributed by atoms with Crippen molar-refractivity contribution in [3.05, 3.63) is 36.3 Å². The van der Waals surface area contributed by atoms with Crippen molar-refractivity contribution in [2.75, 3.05) is 5.32 Å². The summed E-state index contributed by atoms with van der Waals surface area (Å²) >= 11 is 0. The molecule has 0 aliphatic rings. The van der Waals surface area contributed by atoms with Gasteiger partial charge in [-0.25, -0.2) is 9.78 Å². The summed E-state index contributed by atoms with van der Waals surface area (Å²) in [4.78, 5) is 14.8. The van der Waals surface area contributed by atoms with Crippen LogP contribution in [-0.4, -0.2) is 25.8 Å². The van der Waals surface area contributed by atoms with Crippen LogP contribution in [0.3, 0.4) is 0 Å². The van der Waals surface area contributed by atoms with E-state index in [0.29, 0.717) is 5.82 Å². The number of hydrogen-bond acceptors (Lipinski definition) is 4. The number of pyridine rings is 1. The van der Waals surface area contributed by atoms with Gasteiger partial charge in [0.1, 0.15) is 5.82 Å². The van der Waals surface area contributed by atoms with E-state index < -0.39 is 5.97 Å². The fourth-order valence-electron chi connectivity index (χ4n) is 1.38. The number of carboxylic acid groups (broad SMARTS) is 1. The van der Waals surface area contributed by atoms with Crippen molar-refractivity contribution in [3.8, 4) is 0 Å². The van der Waals surface area contributed by atoms with Crippen LogP contribution >= 0.6 is 0 Å². The molecular weight excluding hydrogens is 220 g/mol. The predicted molar refractivity (Wildman–Crippen MR) is 62.4 cm³/mol. The van der Waals surface area contributed by atoms with E-state index >= 15 is 0 Å². The van der Waals surface area contributed by atoms with Crippen LogP contribution in [0.5, 0.6) is 0 Å². The van der Waals surface area contributed by atoms with Gasteiger partial charge in [-0.3, -0.25) is 4.68 Å². The minimum atomic E-state index is -0.972. The van der Waals surface area contributed by atoms with Gasteiger partial charge in [-0.1, -0.05) is 0 Å². The molecule has 0 amide bonds. The molecule has 0 atom stereocenters. The average molecular weight is 232 g/mol. The first-order valence-electron chi connectivity index (χ1n) is 5.18. The van der Waals surface area contributed by atoms with Gasteiger partial charge in [0.25, 0.3) is 0 Å². The van der Waals surface area contributed by atoms with Gasteiger partial charge in [0, 0.05) is 18.9 Å². The highest BCUT2D eigenvalue weighted by molar-refractivity contribution is 5.88. The van der Waals surface area contributed by atoms with E-state index in [0.717, 1.165) is 12.2 Å². The lowest BCUT2D eigenvalue weighted by Gasteiger charge is -2.02. The second kappa shape index (κ2) is 4.65. The lowest BCUT2D eigenvalue weighted by atomic mass is 10.2. The summed E-state index contributed by atoms with van der Waals surface area (Å²) < 4.78 is 1.77. The maximum atomic E-state index is 10.8. The van der Waals surface area contributed by atoms with Gasteiger partial charge < -0.3 is 10.4 Å². The lowest BCUT2D eigenvalue weighted by Crippen LogP contribution is -1.99. The molecule has 88 valence electrons. The summed E-state index contributed by atoms with van der Waals surface area (Å²) in [6.45, 7) is 2.77. The molecule has 0 aliphatic carbocycles. The molecule has 0 radical (unpaired) electrons. The maximum Gasteiger partial charge on any atom is 0.335 e. The first-order valence-corrected chi connectivity index (χ1v) is 5.18. The Balaban J connectivity index is 2.18. The monoisotopic (exact) mass is 232 g/mol. The summed E-state index contributed by atoms with van der Waals surface area (Å²) in [5.74, 6) is -0.486. The minimum absolute atomic E-state index is 0.199. The zero-order valence-corrected chi connectivity index (χ0v) is 9.29. The van der Waals surface area contributed by atoms with Crippen LogP contribution in [0.4, 0.5) is 11.5 Å². The molecule has 0 unspecified atom stereocenters. The van der Waals surface area contributed by atoms with Crippen LogP contribution in [0.15, 0.2) is 30.7 Å². The highest BCUT2D eigenvalue weighted by Crippen LogP contribution is 2.14. The molecular formula is C11H12N4O2. The van der Waals surface area contributed by atoms with Crippen LogP contribution in [0.25, 0.3) is 0 Å². The Morgan fingerprint density at radius 3 is 3.06 bits per heavy atom. The van der Waals surface area contributed by atoms with Gasteiger partial charge in [0.15, 0.2) is 0 Å². The predicted octanol–water partition coefficient (Wildman–Crippen LogP) is 1.74. The largest absolute Gasteiger partial charge is 0.478 e. The van der Waals surface area contributed by atoms with Crippen LogP contribution in [0.1, 0.15) is 17.3 Å². The number of carbonyl (C=O) groups is 1. The Hall–Kier alpha value is -2.37. The van der Waals surface area contributed by atoms with Crippen LogP contribution in [0.2, 0.25) is 0 Å². The average Bonchev–Trinajstić information content (AvgIpc) is 2.77. The Morgan fingerprint density at radius 2 is 2.41 bits per heavy atom. The molecule has 2 heterocycles. The van der Waals surface area contributed by atoms with Crippen molar-refractivity contribution in [1.82, 2.24) is 14.8 Å². The topological polar surface area (TPSA) is 80.0 Å². The molecule has 0 aliphatic heterocycles. The Bertz CT molecular complexity index is 536. The zero-order valence-electron chi connectivity index (χ0n) is 9.29. The van der Waals surface area contributed by atoms with Gasteiger partial charge in [-0.2, -0.15) is 5.10 Å². The van der Waals surface area contributed by atoms with E-state index in [2.05, 4.69) is 15.4 Å². The van der Waals surface area contributed by atoms with Gasteiger partial charge >= 0.3 is 5.97 Å². The first kappa shape index (κ1) is 11.1. The molecule has 0 fully saturated rings. The van der Waals surface area contributed by atoms with Crippen molar-refractivity contribution in [1.29, 1.82) is 0 Å². The SMILES string of the molecule is CCn1cc(Nc2cc(C(=O)O)ccn2)cn1. The van der Waals surface area contributed by atoms with E-state index in [1.165, 1.54) is 18.3 Å². The summed E-state index contributed by atoms with van der Waals surface area (Å²) in [5, 5.41) is 15.9. The van der Waals surface area contributed by atoms with Crippen molar-refractivity contribution < 1.29 is 9.90 Å². The molecule has 17 heavy (non-hydrogen) atoms. The van der Waals surface area contributed by atoms with Crippen molar-refractivity contribution in [2.24, 2.45) is 0 Å². The number of anilines is 2. The Kier molecular flexibility index (Phi) is 3.04. The molecule has 6 heteroatoms. The van der Waals surface area contributed by atoms with E-state index in [1.54, 1.807) is 10.9 Å². The molecule has 2 aromatic rings. The van der Waals surface area contributed by atoms with Gasteiger partial charge in [-0.05, 0) is 19.1 Å². The number of nitrogens with one attached hydrogen (secondary N) is 1. The number of aryl methyl sites for hydroxylation is 1. The van der Waals surface area contributed by atoms with Gasteiger partial charge in [0.05, 0.1) is 17.4 Å². The minimum Gasteiger partial charge on any atom is -0.478 e. The standard InChI is InChI=1S/C11H12N4O2/c1-2-15-7-9(6-13-15)14-10-5-8(11(16)17)3-4-12-10/h3-7H,2H2,1H3,(H,12,14)(H,16,17). The number of rotatable bonds is 4. The number of aromatic carboxylic acids is 1. The molecule has 0 bridgehead atoms. The number of aromatic nitrogens is 3. The quantitative estimate of drug-likeness (QED) is 0.839. The van der Waals surface area contributed by atoms with E-state index in [9.17, 15) is 4.79 Å². The molecule has 2 N–H and O–H groups in total. The second-order valence-electron chi connectivity index (χ2n) is 3.44. The highest BCUT2D eigenvalue weighted by atomic mass is 16.4. The molecule has 2 rings (SSSR count). The Labute approximate surface area is 97.9 Å². The van der Waals surface area contributed by atoms with E-state index in [1.807, 2.05) is 13.1 Å². The molecule has 0 saturated carbocycles. The van der Waals surface area contributed by atoms with Crippen molar-refractivity contribution in [2.45, 2.75) is 13.5 Å². The van der Waals surface area contributed by atoms with Gasteiger partial charge in [-0.15, -0.1) is 0 Å². The summed E-state index contributed by atoms with van der Waals surface area (Å²) in [6, 6.07) is 2.93. The van der Waals surface area contributed by atoms with Crippen LogP contribution < -0.4 is 5.32 Å². The van der Waals surface area contributed by atoms with E-state index in [4.69, 9.17) is 5.11 Å². The first-order chi connectivity index (χ1) is 8.19. The summed E-state index contributed by atoms with van der Waals surface area (Å²) in [7, 11) is 0. The number of hydrogen-bond donors (Lipinski definition) is 2. The zero-order chi connectivity index (χ0) is 12.3. The molecule has 0 saturated heterocycles. The van der Waals surface area contributed by atoms with Crippen molar-refractivity contribution >= 4 is 17.5 Å². The molecule has 0 spiro atoms. The maximum absolute atomic E-state index is 10.8. The van der Waals surface area contributed by atoms with Gasteiger partial charge in [0.2, 0.25) is 0 Å². The molecule has 6 nitrogen and oxygen atoms in total. The molecule has 0 aromatic carbocycles. The third-order valence-electron chi connectivity index (χ3n) is 2.24. The molecule has 2 aromatic heterocycles. The second-order valence-corrected chi connectivity index (χ2v) is 3.44. The third kappa shape index (κ3) is 2.60.